The number of halogens is 1. The Morgan fingerprint density at radius 1 is 1.31 bits per heavy atom. The molecule has 0 aliphatic carbocycles. The zero-order chi connectivity index (χ0) is 12.1. The summed E-state index contributed by atoms with van der Waals surface area (Å²) in [5.74, 6) is -1.88. The predicted molar refractivity (Wildman–Crippen MR) is 59.8 cm³/mol. The molecule has 0 radical (unpaired) electrons. The molecular weight excluding hydrogens is 207 g/mol. The summed E-state index contributed by atoms with van der Waals surface area (Å²) in [6.07, 6.45) is 1.06. The van der Waals surface area contributed by atoms with Gasteiger partial charge in [0.25, 0.3) is 0 Å². The van der Waals surface area contributed by atoms with E-state index >= 15 is 0 Å². The lowest BCUT2D eigenvalue weighted by Crippen LogP contribution is -2.21. The topological polar surface area (TPSA) is 34.1 Å². The van der Waals surface area contributed by atoms with E-state index in [-0.39, 0.29) is 11.3 Å². The van der Waals surface area contributed by atoms with Crippen molar-refractivity contribution in [3.8, 4) is 0 Å². The number of ketones is 2. The maximum absolute atomic E-state index is 13.3. The van der Waals surface area contributed by atoms with Crippen molar-refractivity contribution in [1.29, 1.82) is 0 Å². The third kappa shape index (κ3) is 2.75. The molecule has 3 heteroatoms. The molecule has 0 spiro atoms. The van der Waals surface area contributed by atoms with Crippen LogP contribution < -0.4 is 0 Å². The van der Waals surface area contributed by atoms with Crippen molar-refractivity contribution in [3.05, 3.63) is 35.6 Å². The Morgan fingerprint density at radius 3 is 2.50 bits per heavy atom. The molecule has 1 aromatic rings. The van der Waals surface area contributed by atoms with Crippen molar-refractivity contribution >= 4 is 11.6 Å². The van der Waals surface area contributed by atoms with Crippen LogP contribution in [0.2, 0.25) is 0 Å². The Kier molecular flexibility index (Phi) is 4.35. The van der Waals surface area contributed by atoms with Gasteiger partial charge in [-0.3, -0.25) is 9.59 Å². The van der Waals surface area contributed by atoms with Gasteiger partial charge in [-0.05, 0) is 25.5 Å². The molecule has 0 aliphatic heterocycles. The fourth-order valence-corrected chi connectivity index (χ4v) is 1.50. The van der Waals surface area contributed by atoms with Gasteiger partial charge in [0.05, 0.1) is 11.5 Å². The van der Waals surface area contributed by atoms with Gasteiger partial charge in [0.2, 0.25) is 0 Å². The van der Waals surface area contributed by atoms with Gasteiger partial charge in [-0.15, -0.1) is 0 Å². The molecule has 0 fully saturated rings. The van der Waals surface area contributed by atoms with Crippen LogP contribution >= 0.6 is 0 Å². The fraction of sp³-hybridized carbons (Fsp3) is 0.385. The summed E-state index contributed by atoms with van der Waals surface area (Å²) < 4.78 is 13.3. The zero-order valence-electron chi connectivity index (χ0n) is 9.50. The average Bonchev–Trinajstić information content (AvgIpc) is 2.28. The maximum atomic E-state index is 13.3. The normalized spacial score (nSPS) is 12.2. The molecule has 0 aromatic heterocycles. The van der Waals surface area contributed by atoms with Gasteiger partial charge >= 0.3 is 0 Å². The van der Waals surface area contributed by atoms with Crippen molar-refractivity contribution in [3.63, 3.8) is 0 Å². The van der Waals surface area contributed by atoms with E-state index in [2.05, 4.69) is 0 Å². The van der Waals surface area contributed by atoms with Gasteiger partial charge in [-0.25, -0.2) is 4.39 Å². The van der Waals surface area contributed by atoms with E-state index in [1.165, 1.54) is 25.1 Å². The summed E-state index contributed by atoms with van der Waals surface area (Å²) in [5, 5.41) is 0. The van der Waals surface area contributed by atoms with Crippen molar-refractivity contribution in [2.75, 3.05) is 0 Å². The first-order valence-corrected chi connectivity index (χ1v) is 5.39. The minimum Gasteiger partial charge on any atom is -0.299 e. The zero-order valence-corrected chi connectivity index (χ0v) is 9.50. The standard InChI is InChI=1S/C13H15FO2/c1-3-6-12(15)9(2)13(16)10-7-4-5-8-11(10)14/h4-5,7-9H,3,6H2,1-2H3. The molecular formula is C13H15FO2. The first-order valence-electron chi connectivity index (χ1n) is 5.39. The summed E-state index contributed by atoms with van der Waals surface area (Å²) >= 11 is 0. The van der Waals surface area contributed by atoms with E-state index in [0.29, 0.717) is 12.8 Å². The molecule has 0 amide bonds. The summed E-state index contributed by atoms with van der Waals surface area (Å²) in [7, 11) is 0. The molecule has 1 aromatic carbocycles. The van der Waals surface area contributed by atoms with Crippen LogP contribution in [-0.2, 0) is 4.79 Å². The van der Waals surface area contributed by atoms with Crippen LogP contribution in [0.15, 0.2) is 24.3 Å². The second-order valence-corrected chi connectivity index (χ2v) is 3.78. The number of benzene rings is 1. The molecule has 1 unspecified atom stereocenters. The number of carbonyl (C=O) groups excluding carboxylic acids is 2. The first-order chi connectivity index (χ1) is 7.57. The van der Waals surface area contributed by atoms with E-state index in [1.54, 1.807) is 6.07 Å². The summed E-state index contributed by atoms with van der Waals surface area (Å²) in [4.78, 5) is 23.3. The molecule has 86 valence electrons. The van der Waals surface area contributed by atoms with E-state index in [1.807, 2.05) is 6.92 Å². The Morgan fingerprint density at radius 2 is 1.94 bits per heavy atom. The van der Waals surface area contributed by atoms with Crippen molar-refractivity contribution in [2.45, 2.75) is 26.7 Å². The number of rotatable bonds is 5. The number of Topliss-reactive ketones (excluding diaryl/α,β-unsaturated/α-hetero) is 2. The SMILES string of the molecule is CCCC(=O)C(C)C(=O)c1ccccc1F. The molecule has 0 N–H and O–H groups in total. The highest BCUT2D eigenvalue weighted by Gasteiger charge is 2.23. The monoisotopic (exact) mass is 222 g/mol. The van der Waals surface area contributed by atoms with Gasteiger partial charge in [-0.2, -0.15) is 0 Å². The molecule has 0 saturated carbocycles. The highest BCUT2D eigenvalue weighted by atomic mass is 19.1. The second-order valence-electron chi connectivity index (χ2n) is 3.78. The highest BCUT2D eigenvalue weighted by Crippen LogP contribution is 2.15. The van der Waals surface area contributed by atoms with Crippen molar-refractivity contribution in [2.24, 2.45) is 5.92 Å². The molecule has 1 rings (SSSR count). The van der Waals surface area contributed by atoms with Crippen LogP contribution in [0.3, 0.4) is 0 Å². The summed E-state index contributed by atoms with van der Waals surface area (Å²) in [6, 6.07) is 5.75. The van der Waals surface area contributed by atoms with E-state index in [0.717, 1.165) is 0 Å². The van der Waals surface area contributed by atoms with Crippen LogP contribution in [0.4, 0.5) is 4.39 Å². The molecule has 0 saturated heterocycles. The fourth-order valence-electron chi connectivity index (χ4n) is 1.50. The highest BCUT2D eigenvalue weighted by molar-refractivity contribution is 6.10. The van der Waals surface area contributed by atoms with Crippen molar-refractivity contribution < 1.29 is 14.0 Å². The lowest BCUT2D eigenvalue weighted by atomic mass is 9.93. The van der Waals surface area contributed by atoms with Crippen molar-refractivity contribution in [1.82, 2.24) is 0 Å². The lowest BCUT2D eigenvalue weighted by Gasteiger charge is -2.09. The Balaban J connectivity index is 2.86. The molecule has 1 atom stereocenters. The summed E-state index contributed by atoms with van der Waals surface area (Å²) in [6.45, 7) is 3.41. The van der Waals surface area contributed by atoms with Crippen LogP contribution in [0.25, 0.3) is 0 Å². The van der Waals surface area contributed by atoms with E-state index in [9.17, 15) is 14.0 Å². The predicted octanol–water partition coefficient (Wildman–Crippen LogP) is 3.01. The number of carbonyl (C=O) groups is 2. The average molecular weight is 222 g/mol. The van der Waals surface area contributed by atoms with Crippen LogP contribution in [-0.4, -0.2) is 11.6 Å². The second kappa shape index (κ2) is 5.54. The Hall–Kier alpha value is -1.51. The molecule has 16 heavy (non-hydrogen) atoms. The Bertz CT molecular complexity index is 399. The Labute approximate surface area is 94.5 Å². The first kappa shape index (κ1) is 12.6. The molecule has 0 bridgehead atoms. The van der Waals surface area contributed by atoms with E-state index < -0.39 is 17.5 Å². The van der Waals surface area contributed by atoms with Gasteiger partial charge in [-0.1, -0.05) is 19.1 Å². The largest absolute Gasteiger partial charge is 0.299 e. The van der Waals surface area contributed by atoms with Gasteiger partial charge in [0, 0.05) is 6.42 Å². The quantitative estimate of drug-likeness (QED) is 0.567. The smallest absolute Gasteiger partial charge is 0.175 e. The van der Waals surface area contributed by atoms with Crippen LogP contribution in [0, 0.1) is 11.7 Å². The molecule has 0 heterocycles. The van der Waals surface area contributed by atoms with Crippen LogP contribution in [0.1, 0.15) is 37.0 Å². The third-order valence-electron chi connectivity index (χ3n) is 2.51. The minimum absolute atomic E-state index is 0.000506. The van der Waals surface area contributed by atoms with E-state index in [4.69, 9.17) is 0 Å². The molecule has 0 aliphatic rings. The van der Waals surface area contributed by atoms with Crippen LogP contribution in [0.5, 0.6) is 0 Å². The minimum atomic E-state index is -0.753. The van der Waals surface area contributed by atoms with Gasteiger partial charge in [0.1, 0.15) is 11.6 Å². The third-order valence-corrected chi connectivity index (χ3v) is 2.51. The van der Waals surface area contributed by atoms with Gasteiger partial charge < -0.3 is 0 Å². The number of hydrogen-bond donors (Lipinski definition) is 0. The molecule has 2 nitrogen and oxygen atoms in total. The lowest BCUT2D eigenvalue weighted by molar-refractivity contribution is -0.121. The maximum Gasteiger partial charge on any atom is 0.175 e. The number of hydrogen-bond acceptors (Lipinski definition) is 2. The summed E-state index contributed by atoms with van der Waals surface area (Å²) in [5.41, 5.74) is -0.000506. The van der Waals surface area contributed by atoms with Gasteiger partial charge in [0.15, 0.2) is 5.78 Å².